The SMILES string of the molecule is CC1=CC(C)=C(c2ccccc2C(C)O)C1. The highest BCUT2D eigenvalue weighted by Crippen LogP contribution is 2.35. The van der Waals surface area contributed by atoms with E-state index in [4.69, 9.17) is 0 Å². The van der Waals surface area contributed by atoms with Crippen molar-refractivity contribution in [3.8, 4) is 0 Å². The maximum absolute atomic E-state index is 9.78. The minimum atomic E-state index is -0.405. The second-order valence-electron chi connectivity index (χ2n) is 4.59. The molecule has 0 amide bonds. The fourth-order valence-corrected chi connectivity index (χ4v) is 2.37. The molecule has 1 aromatic carbocycles. The molecule has 0 bridgehead atoms. The van der Waals surface area contributed by atoms with E-state index in [0.717, 1.165) is 12.0 Å². The van der Waals surface area contributed by atoms with E-state index in [2.05, 4.69) is 26.0 Å². The Labute approximate surface area is 97.1 Å². The van der Waals surface area contributed by atoms with E-state index in [0.29, 0.717) is 0 Å². The highest BCUT2D eigenvalue weighted by Gasteiger charge is 2.16. The molecule has 0 aliphatic heterocycles. The highest BCUT2D eigenvalue weighted by atomic mass is 16.3. The van der Waals surface area contributed by atoms with Crippen LogP contribution < -0.4 is 0 Å². The average Bonchev–Trinajstić information content (AvgIpc) is 2.57. The van der Waals surface area contributed by atoms with Crippen molar-refractivity contribution in [1.29, 1.82) is 0 Å². The Kier molecular flexibility index (Phi) is 2.97. The second-order valence-corrected chi connectivity index (χ2v) is 4.59. The number of benzene rings is 1. The highest BCUT2D eigenvalue weighted by molar-refractivity contribution is 5.77. The quantitative estimate of drug-likeness (QED) is 0.792. The summed E-state index contributed by atoms with van der Waals surface area (Å²) in [5.74, 6) is 0. The van der Waals surface area contributed by atoms with E-state index in [1.165, 1.54) is 22.3 Å². The van der Waals surface area contributed by atoms with Crippen LogP contribution in [0.5, 0.6) is 0 Å². The number of aliphatic hydroxyl groups excluding tert-OH is 1. The average molecular weight is 214 g/mol. The van der Waals surface area contributed by atoms with Crippen molar-refractivity contribution in [3.63, 3.8) is 0 Å². The maximum Gasteiger partial charge on any atom is 0.0767 e. The van der Waals surface area contributed by atoms with Gasteiger partial charge in [0.2, 0.25) is 0 Å². The topological polar surface area (TPSA) is 20.2 Å². The van der Waals surface area contributed by atoms with Crippen LogP contribution in [-0.4, -0.2) is 5.11 Å². The maximum atomic E-state index is 9.78. The molecule has 0 radical (unpaired) electrons. The molecule has 0 fully saturated rings. The summed E-state index contributed by atoms with van der Waals surface area (Å²) in [4.78, 5) is 0. The molecule has 0 saturated carbocycles. The van der Waals surface area contributed by atoms with Crippen molar-refractivity contribution in [3.05, 3.63) is 52.6 Å². The Bertz CT molecular complexity index is 464. The Morgan fingerprint density at radius 2 is 1.88 bits per heavy atom. The number of aliphatic hydroxyl groups is 1. The Hall–Kier alpha value is -1.34. The molecular weight excluding hydrogens is 196 g/mol. The predicted octanol–water partition coefficient (Wildman–Crippen LogP) is 3.86. The zero-order valence-corrected chi connectivity index (χ0v) is 10.1. The molecular formula is C15H18O. The van der Waals surface area contributed by atoms with Gasteiger partial charge in [0.05, 0.1) is 6.10 Å². The lowest BCUT2D eigenvalue weighted by Gasteiger charge is -2.14. The summed E-state index contributed by atoms with van der Waals surface area (Å²) in [5.41, 5.74) is 6.30. The van der Waals surface area contributed by atoms with Crippen LogP contribution in [0, 0.1) is 0 Å². The normalized spacial score (nSPS) is 17.6. The number of allylic oxidation sites excluding steroid dienone is 4. The number of hydrogen-bond acceptors (Lipinski definition) is 1. The lowest BCUT2D eigenvalue weighted by atomic mass is 9.93. The molecule has 1 aliphatic rings. The molecule has 0 heterocycles. The van der Waals surface area contributed by atoms with E-state index in [1.54, 1.807) is 0 Å². The molecule has 0 saturated heterocycles. The molecule has 1 heteroatoms. The first-order chi connectivity index (χ1) is 7.59. The molecule has 1 aromatic rings. The van der Waals surface area contributed by atoms with Gasteiger partial charge in [-0.25, -0.2) is 0 Å². The summed E-state index contributed by atoms with van der Waals surface area (Å²) in [6.45, 7) is 6.12. The van der Waals surface area contributed by atoms with Gasteiger partial charge in [-0.2, -0.15) is 0 Å². The molecule has 1 N–H and O–H groups in total. The van der Waals surface area contributed by atoms with Crippen molar-refractivity contribution in [2.75, 3.05) is 0 Å². The molecule has 0 spiro atoms. The largest absolute Gasteiger partial charge is 0.389 e. The van der Waals surface area contributed by atoms with Gasteiger partial charge in [-0.1, -0.05) is 35.9 Å². The summed E-state index contributed by atoms with van der Waals surface area (Å²) in [5, 5.41) is 9.78. The summed E-state index contributed by atoms with van der Waals surface area (Å²) in [6.07, 6.45) is 2.83. The van der Waals surface area contributed by atoms with Crippen LogP contribution in [0.2, 0.25) is 0 Å². The van der Waals surface area contributed by atoms with Crippen molar-refractivity contribution >= 4 is 5.57 Å². The van der Waals surface area contributed by atoms with Crippen molar-refractivity contribution in [2.24, 2.45) is 0 Å². The first-order valence-corrected chi connectivity index (χ1v) is 5.74. The number of hydrogen-bond donors (Lipinski definition) is 1. The number of rotatable bonds is 2. The molecule has 16 heavy (non-hydrogen) atoms. The van der Waals surface area contributed by atoms with E-state index >= 15 is 0 Å². The second kappa shape index (κ2) is 4.26. The molecule has 1 aliphatic carbocycles. The van der Waals surface area contributed by atoms with Gasteiger partial charge in [-0.15, -0.1) is 0 Å². The van der Waals surface area contributed by atoms with Gasteiger partial charge in [0.25, 0.3) is 0 Å². The summed E-state index contributed by atoms with van der Waals surface area (Å²) in [7, 11) is 0. The van der Waals surface area contributed by atoms with Crippen molar-refractivity contribution in [2.45, 2.75) is 33.3 Å². The smallest absolute Gasteiger partial charge is 0.0767 e. The molecule has 2 rings (SSSR count). The standard InChI is InChI=1S/C15H18O/c1-10-8-11(2)15(9-10)14-7-5-4-6-13(14)12(3)16/h4-8,12,16H,9H2,1-3H3. The Morgan fingerprint density at radius 1 is 1.19 bits per heavy atom. The molecule has 1 nitrogen and oxygen atoms in total. The third-order valence-corrected chi connectivity index (χ3v) is 3.13. The third-order valence-electron chi connectivity index (χ3n) is 3.13. The molecule has 0 aromatic heterocycles. The predicted molar refractivity (Wildman–Crippen MR) is 68.0 cm³/mol. The van der Waals surface area contributed by atoms with E-state index in [9.17, 15) is 5.11 Å². The monoisotopic (exact) mass is 214 g/mol. The van der Waals surface area contributed by atoms with E-state index in [1.807, 2.05) is 25.1 Å². The zero-order chi connectivity index (χ0) is 11.7. The zero-order valence-electron chi connectivity index (χ0n) is 10.1. The lowest BCUT2D eigenvalue weighted by Crippen LogP contribution is -1.97. The molecule has 1 unspecified atom stereocenters. The van der Waals surface area contributed by atoms with Crippen LogP contribution in [0.25, 0.3) is 5.57 Å². The third kappa shape index (κ3) is 1.96. The van der Waals surface area contributed by atoms with Crippen LogP contribution >= 0.6 is 0 Å². The van der Waals surface area contributed by atoms with Crippen LogP contribution in [0.3, 0.4) is 0 Å². The summed E-state index contributed by atoms with van der Waals surface area (Å²) >= 11 is 0. The lowest BCUT2D eigenvalue weighted by molar-refractivity contribution is 0.199. The van der Waals surface area contributed by atoms with Gasteiger partial charge in [-0.05, 0) is 49.5 Å². The fourth-order valence-electron chi connectivity index (χ4n) is 2.37. The van der Waals surface area contributed by atoms with Crippen LogP contribution in [-0.2, 0) is 0 Å². The first kappa shape index (κ1) is 11.2. The van der Waals surface area contributed by atoms with Crippen molar-refractivity contribution in [1.82, 2.24) is 0 Å². The van der Waals surface area contributed by atoms with Crippen LogP contribution in [0.4, 0.5) is 0 Å². The Balaban J connectivity index is 2.47. The molecule has 1 atom stereocenters. The van der Waals surface area contributed by atoms with Crippen LogP contribution in [0.1, 0.15) is 44.4 Å². The van der Waals surface area contributed by atoms with Gasteiger partial charge < -0.3 is 5.11 Å². The van der Waals surface area contributed by atoms with E-state index in [-0.39, 0.29) is 0 Å². The van der Waals surface area contributed by atoms with Gasteiger partial charge >= 0.3 is 0 Å². The fraction of sp³-hybridized carbons (Fsp3) is 0.333. The van der Waals surface area contributed by atoms with Gasteiger partial charge in [-0.3, -0.25) is 0 Å². The minimum Gasteiger partial charge on any atom is -0.389 e. The Morgan fingerprint density at radius 3 is 2.44 bits per heavy atom. The van der Waals surface area contributed by atoms with Gasteiger partial charge in [0, 0.05) is 0 Å². The summed E-state index contributed by atoms with van der Waals surface area (Å²) < 4.78 is 0. The van der Waals surface area contributed by atoms with Crippen molar-refractivity contribution < 1.29 is 5.11 Å². The van der Waals surface area contributed by atoms with Gasteiger partial charge in [0.1, 0.15) is 0 Å². The minimum absolute atomic E-state index is 0.405. The molecule has 84 valence electrons. The summed E-state index contributed by atoms with van der Waals surface area (Å²) in [6, 6.07) is 8.13. The van der Waals surface area contributed by atoms with Gasteiger partial charge in [0.15, 0.2) is 0 Å². The van der Waals surface area contributed by atoms with Crippen LogP contribution in [0.15, 0.2) is 41.5 Å². The van der Waals surface area contributed by atoms with E-state index < -0.39 is 6.10 Å². The first-order valence-electron chi connectivity index (χ1n) is 5.74.